The average molecular weight is 412 g/mol. The number of anilines is 1. The molecule has 1 aliphatic heterocycles. The largest absolute Gasteiger partial charge is 0.383 e. The van der Waals surface area contributed by atoms with Gasteiger partial charge in [0.1, 0.15) is 0 Å². The third-order valence-corrected chi connectivity index (χ3v) is 6.72. The summed E-state index contributed by atoms with van der Waals surface area (Å²) >= 11 is 0. The fourth-order valence-electron chi connectivity index (χ4n) is 5.01. The molecule has 4 nitrogen and oxygen atoms in total. The molecule has 1 aliphatic carbocycles. The molecule has 5 rings (SSSR count). The third kappa shape index (κ3) is 3.32. The first-order valence-electron chi connectivity index (χ1n) is 10.5. The Morgan fingerprint density at radius 2 is 1.93 bits per heavy atom. The molecule has 1 fully saturated rings. The van der Waals surface area contributed by atoms with E-state index in [1.807, 2.05) is 6.20 Å². The van der Waals surface area contributed by atoms with Crippen LogP contribution in [0.2, 0.25) is 0 Å². The molecule has 0 amide bonds. The lowest BCUT2D eigenvalue weighted by atomic mass is 9.89. The molecule has 2 aliphatic rings. The molecule has 1 atom stereocenters. The van der Waals surface area contributed by atoms with Crippen molar-refractivity contribution < 1.29 is 4.74 Å². The van der Waals surface area contributed by atoms with Crippen LogP contribution in [-0.4, -0.2) is 29.8 Å². The van der Waals surface area contributed by atoms with Crippen LogP contribution in [0, 0.1) is 19.8 Å². The molecule has 5 heteroatoms. The number of aryl methyl sites for hydroxylation is 1. The maximum Gasteiger partial charge on any atom is 0.153 e. The van der Waals surface area contributed by atoms with Gasteiger partial charge in [-0.2, -0.15) is 0 Å². The number of hydrogen-bond acceptors (Lipinski definition) is 3. The molecule has 29 heavy (non-hydrogen) atoms. The number of aromatic nitrogens is 2. The van der Waals surface area contributed by atoms with Crippen LogP contribution in [0.1, 0.15) is 41.3 Å². The molecule has 1 saturated carbocycles. The number of fused-ring (bicyclic) bond motifs is 2. The summed E-state index contributed by atoms with van der Waals surface area (Å²) in [5.74, 6) is 1.90. The Balaban J connectivity index is 0.00000205. The summed E-state index contributed by atoms with van der Waals surface area (Å²) < 4.78 is 7.82. The van der Waals surface area contributed by atoms with Gasteiger partial charge in [-0.3, -0.25) is 0 Å². The highest BCUT2D eigenvalue weighted by Crippen LogP contribution is 2.49. The van der Waals surface area contributed by atoms with Gasteiger partial charge in [0.05, 0.1) is 18.2 Å². The molecule has 0 bridgehead atoms. The van der Waals surface area contributed by atoms with Gasteiger partial charge in [0.2, 0.25) is 0 Å². The summed E-state index contributed by atoms with van der Waals surface area (Å²) in [6, 6.07) is 11.7. The molecule has 2 aromatic heterocycles. The monoisotopic (exact) mass is 411 g/mol. The zero-order valence-corrected chi connectivity index (χ0v) is 18.3. The van der Waals surface area contributed by atoms with Gasteiger partial charge in [-0.05, 0) is 61.8 Å². The first-order chi connectivity index (χ1) is 13.7. The minimum Gasteiger partial charge on any atom is -0.383 e. The molecule has 0 N–H and O–H groups in total. The molecule has 3 heterocycles. The van der Waals surface area contributed by atoms with E-state index >= 15 is 0 Å². The van der Waals surface area contributed by atoms with E-state index in [1.165, 1.54) is 46.1 Å². The molecule has 0 saturated heterocycles. The molecule has 1 unspecified atom stereocenters. The highest BCUT2D eigenvalue weighted by molar-refractivity contribution is 5.93. The Morgan fingerprint density at radius 3 is 2.69 bits per heavy atom. The Bertz CT molecular complexity index is 1020. The van der Waals surface area contributed by atoms with Crippen molar-refractivity contribution in [1.82, 2.24) is 9.55 Å². The fourth-order valence-corrected chi connectivity index (χ4v) is 5.01. The van der Waals surface area contributed by atoms with Crippen molar-refractivity contribution in [3.63, 3.8) is 0 Å². The fraction of sp³-hybridized carbons (Fsp3) is 0.458. The van der Waals surface area contributed by atoms with Gasteiger partial charge in [-0.25, -0.2) is 4.98 Å². The van der Waals surface area contributed by atoms with E-state index in [2.05, 4.69) is 53.6 Å². The summed E-state index contributed by atoms with van der Waals surface area (Å²) in [6.45, 7) is 7.07. The number of methoxy groups -OCH3 is 1. The lowest BCUT2D eigenvalue weighted by molar-refractivity contribution is 0.188. The smallest absolute Gasteiger partial charge is 0.153 e. The predicted molar refractivity (Wildman–Crippen MR) is 121 cm³/mol. The van der Waals surface area contributed by atoms with Gasteiger partial charge in [0, 0.05) is 37.5 Å². The predicted octanol–water partition coefficient (Wildman–Crippen LogP) is 5.24. The number of halogens is 1. The quantitative estimate of drug-likeness (QED) is 0.575. The molecule has 0 spiro atoms. The number of pyridine rings is 1. The average Bonchev–Trinajstić information content (AvgIpc) is 3.54. The van der Waals surface area contributed by atoms with Crippen LogP contribution in [0.4, 0.5) is 5.82 Å². The first kappa shape index (κ1) is 20.2. The Labute approximate surface area is 179 Å². The Hall–Kier alpha value is -2.04. The van der Waals surface area contributed by atoms with Gasteiger partial charge < -0.3 is 14.2 Å². The van der Waals surface area contributed by atoms with Crippen LogP contribution in [0.15, 0.2) is 36.5 Å². The SMILES string of the molecule is COCCn1c(C)c(C)c2ccnc(N3CCc4ccccc4C3C3CC3)c21.Cl. The van der Waals surface area contributed by atoms with Crippen LogP contribution >= 0.6 is 12.4 Å². The van der Waals surface area contributed by atoms with Crippen molar-refractivity contribution in [3.05, 3.63) is 58.9 Å². The summed E-state index contributed by atoms with van der Waals surface area (Å²) in [5.41, 5.74) is 6.99. The van der Waals surface area contributed by atoms with Crippen LogP contribution in [0.5, 0.6) is 0 Å². The van der Waals surface area contributed by atoms with Crippen molar-refractivity contribution in [3.8, 4) is 0 Å². The number of benzene rings is 1. The second-order valence-electron chi connectivity index (χ2n) is 8.31. The normalized spacial score (nSPS) is 18.6. The van der Waals surface area contributed by atoms with Gasteiger partial charge >= 0.3 is 0 Å². The Kier molecular flexibility index (Phi) is 5.58. The van der Waals surface area contributed by atoms with E-state index in [4.69, 9.17) is 9.72 Å². The van der Waals surface area contributed by atoms with E-state index in [0.717, 1.165) is 31.2 Å². The summed E-state index contributed by atoms with van der Waals surface area (Å²) in [5, 5.41) is 1.33. The summed E-state index contributed by atoms with van der Waals surface area (Å²) in [4.78, 5) is 7.55. The highest BCUT2D eigenvalue weighted by atomic mass is 35.5. The van der Waals surface area contributed by atoms with Gasteiger partial charge in [-0.15, -0.1) is 12.4 Å². The second-order valence-corrected chi connectivity index (χ2v) is 8.31. The maximum absolute atomic E-state index is 5.41. The summed E-state index contributed by atoms with van der Waals surface area (Å²) in [7, 11) is 1.78. The zero-order chi connectivity index (χ0) is 19.3. The van der Waals surface area contributed by atoms with Crippen LogP contribution < -0.4 is 4.90 Å². The first-order valence-corrected chi connectivity index (χ1v) is 10.5. The van der Waals surface area contributed by atoms with Crippen LogP contribution in [-0.2, 0) is 17.7 Å². The van der Waals surface area contributed by atoms with Gasteiger partial charge in [0.15, 0.2) is 5.82 Å². The molecule has 3 aromatic rings. The van der Waals surface area contributed by atoms with Crippen molar-refractivity contribution >= 4 is 29.1 Å². The Morgan fingerprint density at radius 1 is 1.14 bits per heavy atom. The van der Waals surface area contributed by atoms with E-state index in [1.54, 1.807) is 7.11 Å². The van der Waals surface area contributed by atoms with E-state index in [0.29, 0.717) is 12.6 Å². The van der Waals surface area contributed by atoms with Crippen molar-refractivity contribution in [2.45, 2.75) is 45.7 Å². The lowest BCUT2D eigenvalue weighted by Gasteiger charge is -2.39. The van der Waals surface area contributed by atoms with Crippen molar-refractivity contribution in [2.24, 2.45) is 5.92 Å². The van der Waals surface area contributed by atoms with Crippen molar-refractivity contribution in [1.29, 1.82) is 0 Å². The van der Waals surface area contributed by atoms with Gasteiger partial charge in [0.25, 0.3) is 0 Å². The van der Waals surface area contributed by atoms with Crippen LogP contribution in [0.3, 0.4) is 0 Å². The highest BCUT2D eigenvalue weighted by Gasteiger charge is 2.40. The second kappa shape index (κ2) is 8.00. The summed E-state index contributed by atoms with van der Waals surface area (Å²) in [6.07, 6.45) is 5.74. The van der Waals surface area contributed by atoms with E-state index in [-0.39, 0.29) is 12.4 Å². The maximum atomic E-state index is 5.41. The molecule has 154 valence electrons. The zero-order valence-electron chi connectivity index (χ0n) is 17.5. The molecule has 0 radical (unpaired) electrons. The minimum absolute atomic E-state index is 0. The van der Waals surface area contributed by atoms with E-state index in [9.17, 15) is 0 Å². The molecular formula is C24H30ClN3O. The van der Waals surface area contributed by atoms with Crippen LogP contribution in [0.25, 0.3) is 10.9 Å². The number of nitrogens with zero attached hydrogens (tertiary/aromatic N) is 3. The number of rotatable bonds is 5. The van der Waals surface area contributed by atoms with E-state index < -0.39 is 0 Å². The third-order valence-electron chi connectivity index (χ3n) is 6.72. The standard InChI is InChI=1S/C24H29N3O.ClH/c1-16-17(2)26(14-15-28-3)23-20(16)10-12-25-24(23)27-13-11-18-6-4-5-7-21(18)22(27)19-8-9-19;/h4-7,10,12,19,22H,8-9,11,13-15H2,1-3H3;1H. The van der Waals surface area contributed by atoms with Gasteiger partial charge in [-0.1, -0.05) is 24.3 Å². The number of hydrogen-bond donors (Lipinski definition) is 0. The molecule has 1 aromatic carbocycles. The van der Waals surface area contributed by atoms with Crippen molar-refractivity contribution in [2.75, 3.05) is 25.2 Å². The molecular weight excluding hydrogens is 382 g/mol. The topological polar surface area (TPSA) is 30.3 Å². The number of ether oxygens (including phenoxy) is 1. The minimum atomic E-state index is 0. The lowest BCUT2D eigenvalue weighted by Crippen LogP contribution is -2.37.